The van der Waals surface area contributed by atoms with Crippen LogP contribution in [-0.2, 0) is 19.7 Å². The lowest BCUT2D eigenvalue weighted by atomic mass is 9.84. The molecule has 1 aliphatic carbocycles. The Morgan fingerprint density at radius 3 is 2.66 bits per heavy atom. The molecule has 1 saturated carbocycles. The van der Waals surface area contributed by atoms with Gasteiger partial charge in [-0.25, -0.2) is 8.78 Å². The van der Waals surface area contributed by atoms with Crippen molar-refractivity contribution in [1.82, 2.24) is 5.32 Å². The summed E-state index contributed by atoms with van der Waals surface area (Å²) in [5.74, 6) is -2.26. The number of anilines is 1. The number of carbonyl (C=O) groups is 2. The summed E-state index contributed by atoms with van der Waals surface area (Å²) in [5.41, 5.74) is -1.03. The molecule has 1 aromatic rings. The summed E-state index contributed by atoms with van der Waals surface area (Å²) in [4.78, 5) is 26.3. The van der Waals surface area contributed by atoms with Crippen molar-refractivity contribution in [1.29, 1.82) is 0 Å². The minimum absolute atomic E-state index is 0.00184. The summed E-state index contributed by atoms with van der Waals surface area (Å²) in [5, 5.41) is 12.2. The van der Waals surface area contributed by atoms with Crippen LogP contribution in [0.2, 0.25) is 0 Å². The number of ether oxygens (including phenoxy) is 1. The number of nitrogens with zero attached hydrogens (tertiary/aromatic N) is 1. The van der Waals surface area contributed by atoms with E-state index in [4.69, 9.17) is 4.74 Å². The molecule has 1 fully saturated rings. The molecule has 0 spiro atoms. The van der Waals surface area contributed by atoms with Crippen molar-refractivity contribution in [2.75, 3.05) is 25.1 Å². The van der Waals surface area contributed by atoms with E-state index >= 15 is 4.39 Å². The zero-order valence-corrected chi connectivity index (χ0v) is 17.2. The molecule has 0 radical (unpaired) electrons. The van der Waals surface area contributed by atoms with Gasteiger partial charge in [-0.05, 0) is 50.2 Å². The third kappa shape index (κ3) is 4.14. The molecule has 1 heterocycles. The minimum Gasteiger partial charge on any atom is -0.368 e. The van der Waals surface area contributed by atoms with Crippen LogP contribution in [0.25, 0.3) is 0 Å². The van der Waals surface area contributed by atoms with Crippen molar-refractivity contribution in [3.63, 3.8) is 0 Å². The standard InChI is InChI=1S/C21H28F2N2O4/c1-11(7-16(27)29-4)9-24-15(26)10-25-19-14(22)8-13(12-5-6-12)18(23)17(19)21(2,3)20(25)28/h8,11-12,16,27H,5-7,9-10H2,1-4H3,(H,24,26)/t11-,16?/m1/s1. The van der Waals surface area contributed by atoms with E-state index in [2.05, 4.69) is 5.32 Å². The van der Waals surface area contributed by atoms with Crippen molar-refractivity contribution in [3.8, 4) is 0 Å². The van der Waals surface area contributed by atoms with Crippen LogP contribution in [-0.4, -0.2) is 43.4 Å². The van der Waals surface area contributed by atoms with Gasteiger partial charge in [-0.15, -0.1) is 0 Å². The van der Waals surface area contributed by atoms with Crippen molar-refractivity contribution in [3.05, 3.63) is 28.8 Å². The number of aliphatic hydroxyl groups excluding tert-OH is 1. The molecule has 2 atom stereocenters. The summed E-state index contributed by atoms with van der Waals surface area (Å²) in [6.45, 7) is 4.80. The lowest BCUT2D eigenvalue weighted by Crippen LogP contribution is -2.44. The number of hydrogen-bond acceptors (Lipinski definition) is 4. The fourth-order valence-corrected chi connectivity index (χ4v) is 3.87. The summed E-state index contributed by atoms with van der Waals surface area (Å²) in [7, 11) is 1.39. The molecule has 0 saturated heterocycles. The molecular formula is C21H28F2N2O4. The molecule has 0 aromatic heterocycles. The highest BCUT2D eigenvalue weighted by Gasteiger charge is 2.49. The van der Waals surface area contributed by atoms with E-state index in [-0.39, 0.29) is 29.6 Å². The Kier molecular flexibility index (Phi) is 5.96. The van der Waals surface area contributed by atoms with E-state index in [1.54, 1.807) is 13.8 Å². The number of methoxy groups -OCH3 is 1. The molecule has 1 aromatic carbocycles. The second kappa shape index (κ2) is 7.99. The highest BCUT2D eigenvalue weighted by Crippen LogP contribution is 2.50. The second-order valence-electron chi connectivity index (χ2n) is 8.61. The Bertz CT molecular complexity index is 823. The van der Waals surface area contributed by atoms with Gasteiger partial charge < -0.3 is 15.2 Å². The molecule has 2 aliphatic rings. The molecule has 160 valence electrons. The first-order valence-corrected chi connectivity index (χ1v) is 9.89. The number of fused-ring (bicyclic) bond motifs is 1. The van der Waals surface area contributed by atoms with E-state index < -0.39 is 41.7 Å². The van der Waals surface area contributed by atoms with Crippen LogP contribution in [0.3, 0.4) is 0 Å². The number of nitrogens with one attached hydrogen (secondary N) is 1. The highest BCUT2D eigenvalue weighted by molar-refractivity contribution is 6.10. The monoisotopic (exact) mass is 410 g/mol. The van der Waals surface area contributed by atoms with Crippen LogP contribution < -0.4 is 10.2 Å². The average molecular weight is 410 g/mol. The molecule has 2 amide bonds. The molecule has 2 N–H and O–H groups in total. The first-order valence-electron chi connectivity index (χ1n) is 9.89. The van der Waals surface area contributed by atoms with Crippen molar-refractivity contribution < 1.29 is 28.2 Å². The third-order valence-corrected chi connectivity index (χ3v) is 5.74. The Labute approximate surface area is 169 Å². The Balaban J connectivity index is 1.77. The van der Waals surface area contributed by atoms with E-state index in [0.29, 0.717) is 12.0 Å². The fourth-order valence-electron chi connectivity index (χ4n) is 3.87. The average Bonchev–Trinajstić information content (AvgIpc) is 3.47. The number of aliphatic hydroxyl groups is 1. The Morgan fingerprint density at radius 1 is 1.41 bits per heavy atom. The maximum atomic E-state index is 15.2. The molecule has 29 heavy (non-hydrogen) atoms. The number of hydrogen-bond donors (Lipinski definition) is 2. The number of amides is 2. The van der Waals surface area contributed by atoms with Gasteiger partial charge in [-0.1, -0.05) is 6.92 Å². The minimum atomic E-state index is -1.25. The zero-order valence-electron chi connectivity index (χ0n) is 17.2. The van der Waals surface area contributed by atoms with Crippen LogP contribution in [0.5, 0.6) is 0 Å². The Hall–Kier alpha value is -2.06. The summed E-state index contributed by atoms with van der Waals surface area (Å²) >= 11 is 0. The lowest BCUT2D eigenvalue weighted by molar-refractivity contribution is -0.125. The maximum Gasteiger partial charge on any atom is 0.240 e. The zero-order chi connectivity index (χ0) is 21.5. The molecule has 1 unspecified atom stereocenters. The number of rotatable bonds is 8. The van der Waals surface area contributed by atoms with Gasteiger partial charge in [0.1, 0.15) is 18.2 Å². The first kappa shape index (κ1) is 21.6. The topological polar surface area (TPSA) is 78.9 Å². The maximum absolute atomic E-state index is 15.2. The normalized spacial score (nSPS) is 19.8. The van der Waals surface area contributed by atoms with Gasteiger partial charge in [0, 0.05) is 25.6 Å². The van der Waals surface area contributed by atoms with E-state index in [9.17, 15) is 19.1 Å². The first-order chi connectivity index (χ1) is 13.6. The number of halogens is 2. The number of carbonyl (C=O) groups excluding carboxylic acids is 2. The lowest BCUT2D eigenvalue weighted by Gasteiger charge is -2.21. The third-order valence-electron chi connectivity index (χ3n) is 5.74. The van der Waals surface area contributed by atoms with E-state index in [1.165, 1.54) is 13.2 Å². The summed E-state index contributed by atoms with van der Waals surface area (Å²) in [6.07, 6.45) is 1.03. The summed E-state index contributed by atoms with van der Waals surface area (Å²) in [6, 6.07) is 1.17. The predicted molar refractivity (Wildman–Crippen MR) is 104 cm³/mol. The van der Waals surface area contributed by atoms with Gasteiger partial charge in [0.2, 0.25) is 11.8 Å². The Morgan fingerprint density at radius 2 is 2.07 bits per heavy atom. The van der Waals surface area contributed by atoms with Crippen molar-refractivity contribution >= 4 is 17.5 Å². The van der Waals surface area contributed by atoms with Gasteiger partial charge in [0.15, 0.2) is 6.29 Å². The quantitative estimate of drug-likeness (QED) is 0.646. The van der Waals surface area contributed by atoms with Crippen LogP contribution in [0, 0.1) is 17.6 Å². The van der Waals surface area contributed by atoms with Gasteiger partial charge in [-0.3, -0.25) is 14.5 Å². The van der Waals surface area contributed by atoms with E-state index in [0.717, 1.165) is 17.7 Å². The van der Waals surface area contributed by atoms with Crippen LogP contribution in [0.4, 0.5) is 14.5 Å². The van der Waals surface area contributed by atoms with Crippen LogP contribution in [0.15, 0.2) is 6.07 Å². The van der Waals surface area contributed by atoms with Crippen molar-refractivity contribution in [2.24, 2.45) is 5.92 Å². The van der Waals surface area contributed by atoms with Gasteiger partial charge in [0.25, 0.3) is 0 Å². The van der Waals surface area contributed by atoms with Crippen molar-refractivity contribution in [2.45, 2.75) is 57.7 Å². The van der Waals surface area contributed by atoms with E-state index in [1.807, 2.05) is 6.92 Å². The summed E-state index contributed by atoms with van der Waals surface area (Å²) < 4.78 is 34.8. The molecule has 1 aliphatic heterocycles. The molecule has 6 nitrogen and oxygen atoms in total. The predicted octanol–water partition coefficient (Wildman–Crippen LogP) is 2.57. The van der Waals surface area contributed by atoms with Crippen LogP contribution in [0.1, 0.15) is 57.1 Å². The SMILES string of the molecule is COC(O)C[C@@H](C)CNC(=O)CN1C(=O)C(C)(C)c2c(F)c(C3CC3)cc(F)c21. The number of benzene rings is 1. The second-order valence-corrected chi connectivity index (χ2v) is 8.61. The van der Waals surface area contributed by atoms with Gasteiger partial charge in [0.05, 0.1) is 11.1 Å². The smallest absolute Gasteiger partial charge is 0.240 e. The van der Waals surface area contributed by atoms with Gasteiger partial charge in [-0.2, -0.15) is 0 Å². The van der Waals surface area contributed by atoms with Crippen LogP contribution >= 0.6 is 0 Å². The van der Waals surface area contributed by atoms with Gasteiger partial charge >= 0.3 is 0 Å². The molecule has 0 bridgehead atoms. The molecular weight excluding hydrogens is 382 g/mol. The largest absolute Gasteiger partial charge is 0.368 e. The molecule has 8 heteroatoms. The molecule has 3 rings (SSSR count). The highest BCUT2D eigenvalue weighted by atomic mass is 19.1. The fraction of sp³-hybridized carbons (Fsp3) is 0.619.